The lowest BCUT2D eigenvalue weighted by Crippen LogP contribution is -2.36. The number of halogens is 2. The van der Waals surface area contributed by atoms with E-state index in [2.05, 4.69) is 27.8 Å². The van der Waals surface area contributed by atoms with Crippen LogP contribution in [0.1, 0.15) is 31.2 Å². The molecule has 0 unspecified atom stereocenters. The first kappa shape index (κ1) is 18.5. The molecule has 0 amide bonds. The van der Waals surface area contributed by atoms with Crippen molar-refractivity contribution < 1.29 is 0 Å². The van der Waals surface area contributed by atoms with Crippen molar-refractivity contribution >= 4 is 39.8 Å². The second-order valence-corrected chi connectivity index (χ2v) is 8.10. The van der Waals surface area contributed by atoms with Gasteiger partial charge in [0, 0.05) is 45.9 Å². The van der Waals surface area contributed by atoms with Crippen LogP contribution in [0.5, 0.6) is 0 Å². The molecule has 2 aromatic carbocycles. The average Bonchev–Trinajstić information content (AvgIpc) is 2.67. The topological polar surface area (TPSA) is 37.0 Å². The van der Waals surface area contributed by atoms with Gasteiger partial charge in [0.1, 0.15) is 0 Å². The Morgan fingerprint density at radius 3 is 2.48 bits per heavy atom. The van der Waals surface area contributed by atoms with Crippen LogP contribution in [0.15, 0.2) is 54.7 Å². The molecule has 5 heteroatoms. The Morgan fingerprint density at radius 2 is 1.67 bits per heavy atom. The molecule has 0 aliphatic heterocycles. The van der Waals surface area contributed by atoms with Crippen molar-refractivity contribution in [3.05, 3.63) is 70.3 Å². The van der Waals surface area contributed by atoms with Crippen molar-refractivity contribution in [1.29, 1.82) is 0 Å². The summed E-state index contributed by atoms with van der Waals surface area (Å²) in [5.74, 6) is 0. The first-order chi connectivity index (χ1) is 13.2. The predicted molar refractivity (Wildman–Crippen MR) is 115 cm³/mol. The van der Waals surface area contributed by atoms with E-state index in [1.165, 1.54) is 18.4 Å². The minimum Gasteiger partial charge on any atom is -0.382 e. The second kappa shape index (κ2) is 8.47. The van der Waals surface area contributed by atoms with Crippen molar-refractivity contribution in [2.24, 2.45) is 0 Å². The van der Waals surface area contributed by atoms with Gasteiger partial charge in [0.2, 0.25) is 0 Å². The van der Waals surface area contributed by atoms with Gasteiger partial charge in [-0.1, -0.05) is 35.3 Å². The number of benzene rings is 2. The van der Waals surface area contributed by atoms with E-state index < -0.39 is 0 Å². The van der Waals surface area contributed by atoms with Crippen LogP contribution in [0.25, 0.3) is 10.9 Å². The fourth-order valence-corrected chi connectivity index (χ4v) is 4.20. The minimum absolute atomic E-state index is 0.496. The van der Waals surface area contributed by atoms with Gasteiger partial charge in [-0.25, -0.2) is 0 Å². The molecule has 3 aromatic rings. The number of aromatic nitrogens is 1. The van der Waals surface area contributed by atoms with E-state index >= 15 is 0 Å². The molecule has 0 atom stereocenters. The molecule has 1 aromatic heterocycles. The minimum atomic E-state index is 0.496. The number of hydrogen-bond acceptors (Lipinski definition) is 3. The molecule has 0 spiro atoms. The maximum atomic E-state index is 6.09. The Bertz CT molecular complexity index is 920. The Hall–Kier alpha value is -1.81. The van der Waals surface area contributed by atoms with Gasteiger partial charge in [0.15, 0.2) is 0 Å². The van der Waals surface area contributed by atoms with Crippen molar-refractivity contribution in [3.63, 3.8) is 0 Å². The van der Waals surface area contributed by atoms with Gasteiger partial charge in [0.05, 0.1) is 5.52 Å². The second-order valence-electron chi connectivity index (χ2n) is 7.22. The van der Waals surface area contributed by atoms with E-state index in [1.54, 1.807) is 0 Å². The highest BCUT2D eigenvalue weighted by Gasteiger charge is 2.21. The summed E-state index contributed by atoms with van der Waals surface area (Å²) < 4.78 is 0. The molecular formula is C22H23Cl2N3. The van der Waals surface area contributed by atoms with Crippen molar-refractivity contribution in [3.8, 4) is 0 Å². The van der Waals surface area contributed by atoms with E-state index in [0.29, 0.717) is 12.1 Å². The zero-order chi connectivity index (χ0) is 18.6. The van der Waals surface area contributed by atoms with Crippen LogP contribution < -0.4 is 10.6 Å². The third-order valence-electron chi connectivity index (χ3n) is 5.28. The van der Waals surface area contributed by atoms with E-state index in [9.17, 15) is 0 Å². The van der Waals surface area contributed by atoms with E-state index in [1.807, 2.05) is 42.6 Å². The smallest absolute Gasteiger partial charge is 0.0737 e. The molecule has 3 nitrogen and oxygen atoms in total. The lowest BCUT2D eigenvalue weighted by molar-refractivity contribution is 0.353. The Kier molecular flexibility index (Phi) is 5.82. The highest BCUT2D eigenvalue weighted by molar-refractivity contribution is 6.31. The van der Waals surface area contributed by atoms with Gasteiger partial charge in [-0.2, -0.15) is 0 Å². The lowest BCUT2D eigenvalue weighted by Gasteiger charge is -2.30. The first-order valence-electron chi connectivity index (χ1n) is 9.46. The molecule has 2 N–H and O–H groups in total. The van der Waals surface area contributed by atoms with Crippen LogP contribution in [-0.2, 0) is 6.54 Å². The number of fused-ring (bicyclic) bond motifs is 1. The van der Waals surface area contributed by atoms with Crippen molar-refractivity contribution in [1.82, 2.24) is 10.3 Å². The van der Waals surface area contributed by atoms with Crippen LogP contribution in [-0.4, -0.2) is 17.1 Å². The molecule has 4 rings (SSSR count). The summed E-state index contributed by atoms with van der Waals surface area (Å²) in [7, 11) is 0. The number of pyridine rings is 1. The molecule has 1 aliphatic rings. The maximum absolute atomic E-state index is 6.09. The van der Waals surface area contributed by atoms with E-state index in [-0.39, 0.29) is 0 Å². The van der Waals surface area contributed by atoms with Crippen LogP contribution in [0.4, 0.5) is 5.69 Å². The van der Waals surface area contributed by atoms with E-state index in [4.69, 9.17) is 23.2 Å². The average molecular weight is 400 g/mol. The molecule has 1 heterocycles. The molecule has 1 fully saturated rings. The summed E-state index contributed by atoms with van der Waals surface area (Å²) in [6.07, 6.45) is 6.51. The van der Waals surface area contributed by atoms with Crippen LogP contribution in [0.3, 0.4) is 0 Å². The summed E-state index contributed by atoms with van der Waals surface area (Å²) >= 11 is 12.2. The van der Waals surface area contributed by atoms with Gasteiger partial charge < -0.3 is 10.6 Å². The van der Waals surface area contributed by atoms with E-state index in [0.717, 1.165) is 46.0 Å². The number of nitrogens with one attached hydrogen (secondary N) is 2. The molecule has 27 heavy (non-hydrogen) atoms. The number of nitrogens with zero attached hydrogens (tertiary/aromatic N) is 1. The third kappa shape index (κ3) is 4.73. The summed E-state index contributed by atoms with van der Waals surface area (Å²) in [4.78, 5) is 4.42. The first-order valence-corrected chi connectivity index (χ1v) is 10.2. The fourth-order valence-electron chi connectivity index (χ4n) is 3.82. The largest absolute Gasteiger partial charge is 0.382 e. The van der Waals surface area contributed by atoms with Crippen molar-refractivity contribution in [2.45, 2.75) is 44.3 Å². The molecule has 1 aliphatic carbocycles. The van der Waals surface area contributed by atoms with Gasteiger partial charge in [0.25, 0.3) is 0 Å². The highest BCUT2D eigenvalue weighted by atomic mass is 35.5. The number of anilines is 1. The Balaban J connectivity index is 1.32. The van der Waals surface area contributed by atoms with Crippen LogP contribution in [0.2, 0.25) is 10.0 Å². The molecule has 140 valence electrons. The van der Waals surface area contributed by atoms with Gasteiger partial charge in [-0.3, -0.25) is 4.98 Å². The summed E-state index contributed by atoms with van der Waals surface area (Å²) in [5, 5.41) is 10.0. The summed E-state index contributed by atoms with van der Waals surface area (Å²) in [6, 6.07) is 17.1. The quantitative estimate of drug-likeness (QED) is 0.547. The monoisotopic (exact) mass is 399 g/mol. The molecule has 0 saturated heterocycles. The Morgan fingerprint density at radius 1 is 0.889 bits per heavy atom. The fraction of sp³-hybridized carbons (Fsp3) is 0.318. The third-order valence-corrected chi connectivity index (χ3v) is 5.75. The number of hydrogen-bond donors (Lipinski definition) is 2. The van der Waals surface area contributed by atoms with Crippen molar-refractivity contribution in [2.75, 3.05) is 5.32 Å². The van der Waals surface area contributed by atoms with Crippen LogP contribution >= 0.6 is 23.2 Å². The van der Waals surface area contributed by atoms with Gasteiger partial charge >= 0.3 is 0 Å². The standard InChI is InChI=1S/C22H23Cl2N3/c23-16-3-1-2-15(12-16)14-26-18-5-7-19(8-6-18)27-21-10-11-25-22-13-17(24)4-9-20(21)22/h1-4,9-13,18-19,26H,5-8,14H2,(H,25,27). The highest BCUT2D eigenvalue weighted by Crippen LogP contribution is 2.28. The molecule has 1 saturated carbocycles. The zero-order valence-corrected chi connectivity index (χ0v) is 16.6. The maximum Gasteiger partial charge on any atom is 0.0737 e. The SMILES string of the molecule is Clc1cccc(CNC2CCC(Nc3ccnc4cc(Cl)ccc34)CC2)c1. The molecule has 0 radical (unpaired) electrons. The van der Waals surface area contributed by atoms with Gasteiger partial charge in [-0.15, -0.1) is 0 Å². The van der Waals surface area contributed by atoms with Gasteiger partial charge in [-0.05, 0) is 67.6 Å². The predicted octanol–water partition coefficient (Wildman–Crippen LogP) is 6.05. The summed E-state index contributed by atoms with van der Waals surface area (Å²) in [5.41, 5.74) is 3.32. The normalized spacial score (nSPS) is 19.9. The Labute approximate surface area is 170 Å². The summed E-state index contributed by atoms with van der Waals surface area (Å²) in [6.45, 7) is 0.874. The molecular weight excluding hydrogens is 377 g/mol. The van der Waals surface area contributed by atoms with Crippen LogP contribution in [0, 0.1) is 0 Å². The zero-order valence-electron chi connectivity index (χ0n) is 15.1. The molecule has 0 bridgehead atoms. The lowest BCUT2D eigenvalue weighted by atomic mass is 9.90. The number of rotatable bonds is 5.